The molecule has 94 valence electrons. The molecule has 0 saturated heterocycles. The van der Waals surface area contributed by atoms with Crippen LogP contribution in [0.15, 0.2) is 41.4 Å². The number of benzene rings is 2. The first kappa shape index (κ1) is 10.7. The van der Waals surface area contributed by atoms with Gasteiger partial charge in [-0.3, -0.25) is 4.79 Å². The molecule has 0 aromatic heterocycles. The lowest BCUT2D eigenvalue weighted by atomic mass is 9.92. The fourth-order valence-electron chi connectivity index (χ4n) is 3.09. The summed E-state index contributed by atoms with van der Waals surface area (Å²) in [6.45, 7) is 1.77. The highest BCUT2D eigenvalue weighted by molar-refractivity contribution is 6.10. The maximum Gasteiger partial charge on any atom is 0.249 e. The Labute approximate surface area is 111 Å². The van der Waals surface area contributed by atoms with E-state index in [2.05, 4.69) is 46.3 Å². The summed E-state index contributed by atoms with van der Waals surface area (Å²) in [5.74, 6) is 0.885. The molecule has 0 saturated carbocycles. The first-order chi connectivity index (χ1) is 9.33. The maximum atomic E-state index is 11.6. The first-order valence-electron chi connectivity index (χ1n) is 6.70. The number of hydrogen-bond acceptors (Lipinski definition) is 2. The van der Waals surface area contributed by atoms with Crippen LogP contribution in [0.25, 0.3) is 10.8 Å². The Morgan fingerprint density at radius 1 is 1.00 bits per heavy atom. The van der Waals surface area contributed by atoms with E-state index < -0.39 is 0 Å². The number of nitrogens with zero attached hydrogens (tertiary/aromatic N) is 2. The average Bonchev–Trinajstić information content (AvgIpc) is 2.46. The maximum absolute atomic E-state index is 11.6. The van der Waals surface area contributed by atoms with Crippen molar-refractivity contribution in [2.75, 3.05) is 13.1 Å². The monoisotopic (exact) mass is 250 g/mol. The van der Waals surface area contributed by atoms with Crippen molar-refractivity contribution in [3.8, 4) is 0 Å². The first-order valence-corrected chi connectivity index (χ1v) is 6.70. The quantitative estimate of drug-likeness (QED) is 0.719. The van der Waals surface area contributed by atoms with E-state index in [4.69, 9.17) is 0 Å². The van der Waals surface area contributed by atoms with Gasteiger partial charge in [0.1, 0.15) is 5.84 Å². The molecule has 19 heavy (non-hydrogen) atoms. The molecule has 2 aliphatic rings. The third-order valence-corrected chi connectivity index (χ3v) is 4.04. The second-order valence-electron chi connectivity index (χ2n) is 5.13. The fourth-order valence-corrected chi connectivity index (χ4v) is 3.09. The van der Waals surface area contributed by atoms with E-state index in [0.29, 0.717) is 6.42 Å². The van der Waals surface area contributed by atoms with Crippen molar-refractivity contribution >= 4 is 22.5 Å². The van der Waals surface area contributed by atoms with E-state index in [1.807, 2.05) is 0 Å². The second kappa shape index (κ2) is 3.92. The van der Waals surface area contributed by atoms with Crippen molar-refractivity contribution in [3.05, 3.63) is 47.5 Å². The molecule has 0 N–H and O–H groups in total. The highest BCUT2D eigenvalue weighted by atomic mass is 16.1. The molecule has 0 fully saturated rings. The van der Waals surface area contributed by atoms with Crippen molar-refractivity contribution in [3.63, 3.8) is 0 Å². The Balaban J connectivity index is 1.99. The summed E-state index contributed by atoms with van der Waals surface area (Å²) in [6, 6.07) is 12.7. The van der Waals surface area contributed by atoms with Crippen molar-refractivity contribution in [1.82, 2.24) is 4.90 Å². The van der Waals surface area contributed by atoms with Crippen LogP contribution in [0.4, 0.5) is 0 Å². The highest BCUT2D eigenvalue weighted by Gasteiger charge is 2.27. The van der Waals surface area contributed by atoms with Gasteiger partial charge in [-0.1, -0.05) is 36.4 Å². The van der Waals surface area contributed by atoms with Gasteiger partial charge in [0, 0.05) is 25.1 Å². The average molecular weight is 250 g/mol. The van der Waals surface area contributed by atoms with E-state index in [1.54, 1.807) is 0 Å². The number of carbonyl (C=O) groups excluding carboxylic acids is 1. The van der Waals surface area contributed by atoms with Gasteiger partial charge in [0.15, 0.2) is 0 Å². The highest BCUT2D eigenvalue weighted by Crippen LogP contribution is 2.29. The minimum atomic E-state index is 0.00672. The van der Waals surface area contributed by atoms with E-state index in [-0.39, 0.29) is 5.91 Å². The number of amides is 1. The van der Waals surface area contributed by atoms with Gasteiger partial charge in [-0.15, -0.1) is 0 Å². The normalized spacial score (nSPS) is 18.0. The summed E-state index contributed by atoms with van der Waals surface area (Å²) < 4.78 is 0. The largest absolute Gasteiger partial charge is 0.355 e. The standard InChI is InChI=1S/C16H14N2O/c19-15-8-10-18-9-7-13-12-4-2-1-3-11(12)5-6-14(13)16(18)17-15/h1-6H,7-10H2. The number of rotatable bonds is 0. The molecule has 0 bridgehead atoms. The molecule has 3 nitrogen and oxygen atoms in total. The molecule has 0 atom stereocenters. The number of carbonyl (C=O) groups is 1. The fraction of sp³-hybridized carbons (Fsp3) is 0.250. The summed E-state index contributed by atoms with van der Waals surface area (Å²) in [5.41, 5.74) is 2.47. The third-order valence-electron chi connectivity index (χ3n) is 4.04. The summed E-state index contributed by atoms with van der Waals surface area (Å²) in [5, 5.41) is 2.55. The molecule has 3 heteroatoms. The smallest absolute Gasteiger partial charge is 0.249 e. The lowest BCUT2D eigenvalue weighted by Gasteiger charge is -2.34. The Kier molecular flexibility index (Phi) is 2.21. The van der Waals surface area contributed by atoms with Crippen LogP contribution in [-0.2, 0) is 11.2 Å². The predicted molar refractivity (Wildman–Crippen MR) is 75.4 cm³/mol. The molecule has 0 radical (unpaired) electrons. The van der Waals surface area contributed by atoms with E-state index >= 15 is 0 Å². The topological polar surface area (TPSA) is 32.7 Å². The van der Waals surface area contributed by atoms with Crippen molar-refractivity contribution in [2.45, 2.75) is 12.8 Å². The van der Waals surface area contributed by atoms with Gasteiger partial charge in [0.25, 0.3) is 0 Å². The molecule has 0 aliphatic carbocycles. The van der Waals surface area contributed by atoms with Crippen molar-refractivity contribution in [2.24, 2.45) is 4.99 Å². The third kappa shape index (κ3) is 1.58. The van der Waals surface area contributed by atoms with Crippen LogP contribution in [0, 0.1) is 0 Å². The Hall–Kier alpha value is -2.16. The van der Waals surface area contributed by atoms with Crippen molar-refractivity contribution < 1.29 is 4.79 Å². The zero-order valence-corrected chi connectivity index (χ0v) is 10.6. The summed E-state index contributed by atoms with van der Waals surface area (Å²) in [4.78, 5) is 18.1. The van der Waals surface area contributed by atoms with Crippen LogP contribution in [0.2, 0.25) is 0 Å². The Bertz CT molecular complexity index is 718. The van der Waals surface area contributed by atoms with E-state index in [9.17, 15) is 4.79 Å². The summed E-state index contributed by atoms with van der Waals surface area (Å²) in [6.07, 6.45) is 1.58. The molecule has 2 aromatic carbocycles. The minimum Gasteiger partial charge on any atom is -0.355 e. The molecule has 1 amide bonds. The van der Waals surface area contributed by atoms with E-state index in [0.717, 1.165) is 30.9 Å². The molecule has 0 unspecified atom stereocenters. The minimum absolute atomic E-state index is 0.00672. The van der Waals surface area contributed by atoms with Gasteiger partial charge >= 0.3 is 0 Å². The lowest BCUT2D eigenvalue weighted by molar-refractivity contribution is -0.118. The van der Waals surface area contributed by atoms with Crippen LogP contribution in [0.5, 0.6) is 0 Å². The van der Waals surface area contributed by atoms with Gasteiger partial charge in [-0.2, -0.15) is 4.99 Å². The van der Waals surface area contributed by atoms with Crippen LogP contribution < -0.4 is 0 Å². The molecular formula is C16H14N2O. The van der Waals surface area contributed by atoms with Crippen LogP contribution >= 0.6 is 0 Å². The molecule has 2 heterocycles. The van der Waals surface area contributed by atoms with Gasteiger partial charge in [0.2, 0.25) is 5.91 Å². The molecule has 4 rings (SSSR count). The summed E-state index contributed by atoms with van der Waals surface area (Å²) >= 11 is 0. The number of amidine groups is 1. The Morgan fingerprint density at radius 3 is 2.79 bits per heavy atom. The number of aliphatic imine (C=N–C) groups is 1. The van der Waals surface area contributed by atoms with Gasteiger partial charge in [-0.25, -0.2) is 0 Å². The molecule has 0 spiro atoms. The van der Waals surface area contributed by atoms with Gasteiger partial charge < -0.3 is 4.90 Å². The van der Waals surface area contributed by atoms with Crippen LogP contribution in [-0.4, -0.2) is 29.7 Å². The van der Waals surface area contributed by atoms with Crippen molar-refractivity contribution in [1.29, 1.82) is 0 Å². The van der Waals surface area contributed by atoms with Crippen LogP contribution in [0.1, 0.15) is 17.5 Å². The SMILES string of the molecule is O=C1CCN2CCc3c(ccc4ccccc34)C2=N1. The molecular weight excluding hydrogens is 236 g/mol. The lowest BCUT2D eigenvalue weighted by Crippen LogP contribution is -2.42. The number of fused-ring (bicyclic) bond motifs is 5. The van der Waals surface area contributed by atoms with Gasteiger partial charge in [0.05, 0.1) is 0 Å². The Morgan fingerprint density at radius 2 is 1.84 bits per heavy atom. The zero-order valence-electron chi connectivity index (χ0n) is 10.6. The number of hydrogen-bond donors (Lipinski definition) is 0. The van der Waals surface area contributed by atoms with Gasteiger partial charge in [-0.05, 0) is 22.8 Å². The molecule has 2 aliphatic heterocycles. The van der Waals surface area contributed by atoms with E-state index in [1.165, 1.54) is 16.3 Å². The van der Waals surface area contributed by atoms with Crippen LogP contribution in [0.3, 0.4) is 0 Å². The molecule has 2 aromatic rings. The zero-order chi connectivity index (χ0) is 12.8. The second-order valence-corrected chi connectivity index (χ2v) is 5.13. The predicted octanol–water partition coefficient (Wildman–Crippen LogP) is 2.37. The summed E-state index contributed by atoms with van der Waals surface area (Å²) in [7, 11) is 0.